The summed E-state index contributed by atoms with van der Waals surface area (Å²) in [7, 11) is 1.43. The third-order valence-corrected chi connectivity index (χ3v) is 5.52. The maximum Gasteiger partial charge on any atom is 0.455 e. The van der Waals surface area contributed by atoms with Crippen LogP contribution in [-0.4, -0.2) is 52.3 Å². The number of carbonyl (C=O) groups is 1. The summed E-state index contributed by atoms with van der Waals surface area (Å²) in [6.45, 7) is 1.37. The average Bonchev–Trinajstić information content (AvgIpc) is 3.52. The lowest BCUT2D eigenvalue weighted by molar-refractivity contribution is -0.145. The Balaban J connectivity index is 1.76. The van der Waals surface area contributed by atoms with Crippen LogP contribution in [0.5, 0.6) is 0 Å². The Morgan fingerprint density at radius 3 is 2.65 bits per heavy atom. The molecular weight excluding hydrogens is 493 g/mol. The van der Waals surface area contributed by atoms with E-state index in [9.17, 15) is 28.0 Å². The van der Waals surface area contributed by atoms with Crippen molar-refractivity contribution >= 4 is 22.6 Å². The quantitative estimate of drug-likeness (QED) is 0.385. The summed E-state index contributed by atoms with van der Waals surface area (Å²) in [6.07, 6.45) is -3.27. The van der Waals surface area contributed by atoms with Gasteiger partial charge >= 0.3 is 6.18 Å². The summed E-state index contributed by atoms with van der Waals surface area (Å²) in [5, 5.41) is 26.0. The normalized spacial score (nSPS) is 11.7. The number of aromatic nitrogens is 8. The minimum Gasteiger partial charge on any atom is -0.355 e. The Kier molecular flexibility index (Phi) is 5.43. The zero-order chi connectivity index (χ0) is 26.5. The Morgan fingerprint density at radius 1 is 1.19 bits per heavy atom. The summed E-state index contributed by atoms with van der Waals surface area (Å²) < 4.78 is 41.1. The Bertz CT molecular complexity index is 1810. The van der Waals surface area contributed by atoms with Crippen LogP contribution < -0.4 is 10.9 Å². The fourth-order valence-electron chi connectivity index (χ4n) is 4.01. The largest absolute Gasteiger partial charge is 0.455 e. The van der Waals surface area contributed by atoms with E-state index in [1.807, 2.05) is 6.07 Å². The van der Waals surface area contributed by atoms with Gasteiger partial charge in [0.2, 0.25) is 0 Å². The molecule has 4 heterocycles. The van der Waals surface area contributed by atoms with Crippen LogP contribution in [-0.2, 0) is 12.7 Å². The van der Waals surface area contributed by atoms with Crippen molar-refractivity contribution in [2.24, 2.45) is 0 Å². The van der Waals surface area contributed by atoms with E-state index < -0.39 is 23.5 Å². The summed E-state index contributed by atoms with van der Waals surface area (Å²) in [5.41, 5.74) is 1.28. The van der Waals surface area contributed by atoms with Gasteiger partial charge in [0.25, 0.3) is 17.3 Å². The Labute approximate surface area is 204 Å². The van der Waals surface area contributed by atoms with Gasteiger partial charge in [-0.05, 0) is 48.0 Å². The van der Waals surface area contributed by atoms with Gasteiger partial charge in [-0.15, -0.1) is 10.2 Å². The van der Waals surface area contributed by atoms with Crippen LogP contribution in [0.25, 0.3) is 22.4 Å². The van der Waals surface area contributed by atoms with Crippen molar-refractivity contribution in [1.29, 1.82) is 5.26 Å². The van der Waals surface area contributed by atoms with Crippen LogP contribution in [0.15, 0.2) is 41.3 Å². The van der Waals surface area contributed by atoms with E-state index in [-0.39, 0.29) is 40.2 Å². The lowest BCUT2D eigenvalue weighted by Gasteiger charge is -2.17. The second-order valence-corrected chi connectivity index (χ2v) is 7.94. The SMILES string of the molecule is CNC(=O)c1cc(C#N)cc(C)c1-n1c(=O)c2cc(Cn3nnc(C(F)(F)F)n3)nn2c2ncccc21. The molecular formula is C22H15F3N10O2. The predicted molar refractivity (Wildman–Crippen MR) is 121 cm³/mol. The van der Waals surface area contributed by atoms with Crippen molar-refractivity contribution in [3.8, 4) is 11.8 Å². The first-order chi connectivity index (χ1) is 17.6. The molecule has 0 saturated carbocycles. The first kappa shape index (κ1) is 23.6. The number of pyridine rings is 1. The minimum absolute atomic E-state index is 0.0453. The van der Waals surface area contributed by atoms with Gasteiger partial charge in [-0.3, -0.25) is 14.2 Å². The molecule has 15 heteroatoms. The molecule has 0 fully saturated rings. The van der Waals surface area contributed by atoms with E-state index in [2.05, 4.69) is 30.8 Å². The molecule has 1 aromatic carbocycles. The molecule has 186 valence electrons. The highest BCUT2D eigenvalue weighted by Crippen LogP contribution is 2.26. The molecule has 37 heavy (non-hydrogen) atoms. The average molecular weight is 508 g/mol. The van der Waals surface area contributed by atoms with Crippen LogP contribution in [0.2, 0.25) is 0 Å². The van der Waals surface area contributed by atoms with E-state index in [0.29, 0.717) is 15.9 Å². The summed E-state index contributed by atoms with van der Waals surface area (Å²) in [6, 6.07) is 9.53. The number of aryl methyl sites for hydroxylation is 1. The number of nitrogens with one attached hydrogen (secondary N) is 1. The van der Waals surface area contributed by atoms with Crippen LogP contribution in [0.1, 0.15) is 33.0 Å². The highest BCUT2D eigenvalue weighted by molar-refractivity contribution is 5.99. The van der Waals surface area contributed by atoms with Crippen molar-refractivity contribution in [2.45, 2.75) is 19.6 Å². The Hall–Kier alpha value is -5.13. The molecule has 0 saturated heterocycles. The number of nitrogens with zero attached hydrogens (tertiary/aromatic N) is 9. The van der Waals surface area contributed by atoms with Crippen LogP contribution in [0.4, 0.5) is 13.2 Å². The maximum absolute atomic E-state index is 13.8. The van der Waals surface area contributed by atoms with Gasteiger partial charge in [0.1, 0.15) is 12.1 Å². The molecule has 4 aromatic heterocycles. The van der Waals surface area contributed by atoms with Crippen molar-refractivity contribution in [3.05, 3.63) is 75.1 Å². The number of carbonyl (C=O) groups excluding carboxylic acids is 1. The standard InChI is InChI=1S/C22H15F3N10O2/c1-11-6-12(9-26)7-14(19(36)27-2)17(11)34-15-4-3-5-28-18(15)35-16(20(34)37)8-13(30-35)10-33-31-21(29-32-33)22(23,24)25/h3-8H,10H2,1-2H3,(H,27,36). The van der Waals surface area contributed by atoms with Gasteiger partial charge < -0.3 is 5.32 Å². The van der Waals surface area contributed by atoms with Crippen molar-refractivity contribution < 1.29 is 18.0 Å². The zero-order valence-corrected chi connectivity index (χ0v) is 19.1. The molecule has 0 atom stereocenters. The molecule has 0 spiro atoms. The van der Waals surface area contributed by atoms with E-state index in [1.165, 1.54) is 34.5 Å². The first-order valence-corrected chi connectivity index (χ1v) is 10.6. The van der Waals surface area contributed by atoms with Crippen molar-refractivity contribution in [2.75, 3.05) is 7.05 Å². The molecule has 0 radical (unpaired) electrons. The molecule has 5 rings (SSSR count). The van der Waals surface area contributed by atoms with Gasteiger partial charge in [0.15, 0.2) is 5.65 Å². The summed E-state index contributed by atoms with van der Waals surface area (Å²) in [4.78, 5) is 31.6. The lowest BCUT2D eigenvalue weighted by atomic mass is 10.0. The van der Waals surface area contributed by atoms with Crippen molar-refractivity contribution in [3.63, 3.8) is 0 Å². The molecule has 0 unspecified atom stereocenters. The second kappa shape index (κ2) is 8.52. The summed E-state index contributed by atoms with van der Waals surface area (Å²) >= 11 is 0. The van der Waals surface area contributed by atoms with Gasteiger partial charge in [0.05, 0.1) is 34.1 Å². The lowest BCUT2D eigenvalue weighted by Crippen LogP contribution is -2.27. The molecule has 1 N–H and O–H groups in total. The van der Waals surface area contributed by atoms with Crippen molar-refractivity contribution in [1.82, 2.24) is 44.7 Å². The van der Waals surface area contributed by atoms with E-state index in [1.54, 1.807) is 25.1 Å². The monoisotopic (exact) mass is 508 g/mol. The number of halogens is 3. The zero-order valence-electron chi connectivity index (χ0n) is 19.1. The fraction of sp³-hybridized carbons (Fsp3) is 0.182. The molecule has 0 aliphatic carbocycles. The number of hydrogen-bond donors (Lipinski definition) is 1. The maximum atomic E-state index is 13.8. The third-order valence-electron chi connectivity index (χ3n) is 5.52. The number of alkyl halides is 3. The minimum atomic E-state index is -4.76. The number of tetrazole rings is 1. The van der Waals surface area contributed by atoms with Crippen LogP contribution in [0.3, 0.4) is 0 Å². The second-order valence-electron chi connectivity index (χ2n) is 7.94. The molecule has 0 bridgehead atoms. The highest BCUT2D eigenvalue weighted by Gasteiger charge is 2.36. The smallest absolute Gasteiger partial charge is 0.355 e. The fourth-order valence-corrected chi connectivity index (χ4v) is 4.01. The van der Waals surface area contributed by atoms with Crippen LogP contribution >= 0.6 is 0 Å². The topological polar surface area (TPSA) is 149 Å². The number of rotatable bonds is 4. The first-order valence-electron chi connectivity index (χ1n) is 10.6. The molecule has 0 aliphatic heterocycles. The number of benzene rings is 1. The molecule has 1 amide bonds. The third kappa shape index (κ3) is 3.93. The molecule has 5 aromatic rings. The molecule has 0 aliphatic rings. The summed E-state index contributed by atoms with van der Waals surface area (Å²) in [5.74, 6) is -1.91. The van der Waals surface area contributed by atoms with Gasteiger partial charge in [-0.2, -0.15) is 28.3 Å². The van der Waals surface area contributed by atoms with Gasteiger partial charge in [0, 0.05) is 13.2 Å². The number of nitriles is 1. The van der Waals surface area contributed by atoms with Gasteiger partial charge in [-0.25, -0.2) is 9.50 Å². The number of fused-ring (bicyclic) bond motifs is 3. The molecule has 12 nitrogen and oxygen atoms in total. The van der Waals surface area contributed by atoms with Crippen LogP contribution in [0, 0.1) is 18.3 Å². The highest BCUT2D eigenvalue weighted by atomic mass is 19.4. The van der Waals surface area contributed by atoms with Gasteiger partial charge in [-0.1, -0.05) is 0 Å². The van der Waals surface area contributed by atoms with E-state index in [0.717, 1.165) is 0 Å². The number of amides is 1. The predicted octanol–water partition coefficient (Wildman–Crippen LogP) is 1.63. The Morgan fingerprint density at radius 2 is 1.97 bits per heavy atom. The van der Waals surface area contributed by atoms with E-state index in [4.69, 9.17) is 0 Å². The van der Waals surface area contributed by atoms with E-state index >= 15 is 0 Å². The number of hydrogen-bond acceptors (Lipinski definition) is 8.